The number of carbonyl (C=O) groups excluding carboxylic acids is 2. The molecule has 1 saturated carbocycles. The van der Waals surface area contributed by atoms with Crippen LogP contribution < -0.4 is 0 Å². The molecular weight excluding hydrogens is 252 g/mol. The van der Waals surface area contributed by atoms with Gasteiger partial charge in [0.15, 0.2) is 11.5 Å². The highest BCUT2D eigenvalue weighted by Crippen LogP contribution is 2.52. The lowest BCUT2D eigenvalue weighted by molar-refractivity contribution is -0.133. The van der Waals surface area contributed by atoms with Crippen LogP contribution in [-0.4, -0.2) is 16.7 Å². The lowest BCUT2D eigenvalue weighted by Gasteiger charge is -2.20. The highest BCUT2D eigenvalue weighted by atomic mass is 16.3. The van der Waals surface area contributed by atoms with Crippen LogP contribution >= 0.6 is 0 Å². The lowest BCUT2D eigenvalue weighted by atomic mass is 9.81. The Morgan fingerprint density at radius 3 is 2.20 bits per heavy atom. The van der Waals surface area contributed by atoms with Gasteiger partial charge in [-0.3, -0.25) is 9.59 Å². The van der Waals surface area contributed by atoms with E-state index in [1.54, 1.807) is 6.92 Å². The van der Waals surface area contributed by atoms with E-state index in [9.17, 15) is 14.7 Å². The lowest BCUT2D eigenvalue weighted by Crippen LogP contribution is -2.32. The Morgan fingerprint density at radius 1 is 1.00 bits per heavy atom. The average Bonchev–Trinajstić information content (AvgIpc) is 2.64. The fourth-order valence-corrected chi connectivity index (χ4v) is 3.81. The predicted molar refractivity (Wildman–Crippen MR) is 75.4 cm³/mol. The van der Waals surface area contributed by atoms with Crippen molar-refractivity contribution in [3.8, 4) is 0 Å². The zero-order valence-corrected chi connectivity index (χ0v) is 11.9. The second-order valence-electron chi connectivity index (χ2n) is 6.05. The van der Waals surface area contributed by atoms with Gasteiger partial charge in [-0.15, -0.1) is 0 Å². The Balaban J connectivity index is 2.10. The van der Waals surface area contributed by atoms with Crippen LogP contribution in [0.3, 0.4) is 0 Å². The Hall–Kier alpha value is -1.90. The van der Waals surface area contributed by atoms with E-state index in [-0.39, 0.29) is 29.3 Å². The van der Waals surface area contributed by atoms with Gasteiger partial charge in [0.05, 0.1) is 5.92 Å². The summed E-state index contributed by atoms with van der Waals surface area (Å²) in [6.07, 6.45) is 0. The Morgan fingerprint density at radius 2 is 1.60 bits per heavy atom. The fraction of sp³-hybridized carbons (Fsp3) is 0.412. The number of aliphatic hydroxyl groups excluding tert-OH is 1. The van der Waals surface area contributed by atoms with Crippen LogP contribution in [0.2, 0.25) is 0 Å². The molecule has 2 aliphatic rings. The standard InChI is InChI=1S/C17H18O3/c1-8-4-6-11(7-5-8)13-9(2)12-10(3)15(18)17(20)14(13)16(12)19/h4-7,9,12-14,18H,1-3H3. The predicted octanol–water partition coefficient (Wildman–Crippen LogP) is 2.94. The minimum Gasteiger partial charge on any atom is -0.504 e. The van der Waals surface area contributed by atoms with Gasteiger partial charge in [0.1, 0.15) is 0 Å². The van der Waals surface area contributed by atoms with E-state index >= 15 is 0 Å². The molecule has 4 unspecified atom stereocenters. The molecule has 1 fully saturated rings. The van der Waals surface area contributed by atoms with Crippen molar-refractivity contribution in [2.45, 2.75) is 26.7 Å². The van der Waals surface area contributed by atoms with Gasteiger partial charge < -0.3 is 5.11 Å². The number of Topliss-reactive ketones (excluding diaryl/α,β-unsaturated/α-hetero) is 2. The van der Waals surface area contributed by atoms with Crippen LogP contribution in [-0.2, 0) is 9.59 Å². The summed E-state index contributed by atoms with van der Waals surface area (Å²) in [6.45, 7) is 5.70. The minimum atomic E-state index is -0.707. The molecule has 0 aliphatic heterocycles. The smallest absolute Gasteiger partial charge is 0.208 e. The van der Waals surface area contributed by atoms with Crippen LogP contribution in [0, 0.1) is 24.7 Å². The van der Waals surface area contributed by atoms with E-state index in [2.05, 4.69) is 0 Å². The monoisotopic (exact) mass is 270 g/mol. The van der Waals surface area contributed by atoms with E-state index in [4.69, 9.17) is 0 Å². The maximum Gasteiger partial charge on any atom is 0.208 e. The van der Waals surface area contributed by atoms with Gasteiger partial charge >= 0.3 is 0 Å². The molecule has 4 atom stereocenters. The van der Waals surface area contributed by atoms with Crippen molar-refractivity contribution >= 4 is 11.6 Å². The highest BCUT2D eigenvalue weighted by Gasteiger charge is 2.56. The summed E-state index contributed by atoms with van der Waals surface area (Å²) in [7, 11) is 0. The quantitative estimate of drug-likeness (QED) is 0.798. The summed E-state index contributed by atoms with van der Waals surface area (Å²) < 4.78 is 0. The molecule has 2 aliphatic carbocycles. The number of rotatable bonds is 1. The molecule has 2 bridgehead atoms. The Labute approximate surface area is 118 Å². The van der Waals surface area contributed by atoms with Gasteiger partial charge in [-0.25, -0.2) is 0 Å². The summed E-state index contributed by atoms with van der Waals surface area (Å²) in [5.41, 5.74) is 2.70. The van der Waals surface area contributed by atoms with Crippen molar-refractivity contribution in [1.29, 1.82) is 0 Å². The first kappa shape index (κ1) is 13.1. The first-order valence-electron chi connectivity index (χ1n) is 6.97. The van der Waals surface area contributed by atoms with Crippen LogP contribution in [0.5, 0.6) is 0 Å². The van der Waals surface area contributed by atoms with Crippen molar-refractivity contribution in [3.63, 3.8) is 0 Å². The summed E-state index contributed by atoms with van der Waals surface area (Å²) in [6, 6.07) is 7.98. The number of ketones is 2. The number of aliphatic hydroxyl groups is 1. The molecular formula is C17H18O3. The van der Waals surface area contributed by atoms with Gasteiger partial charge in [0, 0.05) is 11.8 Å². The number of hydrogen-bond donors (Lipinski definition) is 1. The van der Waals surface area contributed by atoms with E-state index in [1.807, 2.05) is 38.1 Å². The van der Waals surface area contributed by atoms with Crippen molar-refractivity contribution in [2.75, 3.05) is 0 Å². The molecule has 1 N–H and O–H groups in total. The normalized spacial score (nSPS) is 33.0. The van der Waals surface area contributed by atoms with Gasteiger partial charge in [-0.05, 0) is 30.9 Å². The van der Waals surface area contributed by atoms with Crippen molar-refractivity contribution < 1.29 is 14.7 Å². The maximum absolute atomic E-state index is 12.4. The van der Waals surface area contributed by atoms with Gasteiger partial charge in [0.2, 0.25) is 5.78 Å². The molecule has 104 valence electrons. The SMILES string of the molecule is CC1=C(O)C(=O)C2C(=O)C1C(C)C2c1ccc(C)cc1. The number of aryl methyl sites for hydroxylation is 1. The topological polar surface area (TPSA) is 54.4 Å². The molecule has 0 amide bonds. The van der Waals surface area contributed by atoms with Gasteiger partial charge in [0.25, 0.3) is 0 Å². The molecule has 0 spiro atoms. The molecule has 0 aromatic heterocycles. The Bertz CT molecular complexity index is 624. The third-order valence-electron chi connectivity index (χ3n) is 4.88. The Kier molecular flexibility index (Phi) is 2.82. The van der Waals surface area contributed by atoms with Crippen molar-refractivity contribution in [1.82, 2.24) is 0 Å². The molecule has 0 radical (unpaired) electrons. The zero-order valence-electron chi connectivity index (χ0n) is 11.9. The largest absolute Gasteiger partial charge is 0.504 e. The van der Waals surface area contributed by atoms with Crippen LogP contribution in [0.25, 0.3) is 0 Å². The molecule has 0 heterocycles. The van der Waals surface area contributed by atoms with E-state index in [0.29, 0.717) is 5.57 Å². The van der Waals surface area contributed by atoms with Crippen LogP contribution in [0.15, 0.2) is 35.6 Å². The molecule has 1 aromatic rings. The second-order valence-corrected chi connectivity index (χ2v) is 6.05. The summed E-state index contributed by atoms with van der Waals surface area (Å²) in [5.74, 6) is -1.72. The third kappa shape index (κ3) is 1.59. The van der Waals surface area contributed by atoms with Crippen molar-refractivity contribution in [2.24, 2.45) is 17.8 Å². The molecule has 3 nitrogen and oxygen atoms in total. The maximum atomic E-state index is 12.4. The second kappa shape index (κ2) is 4.30. The molecule has 20 heavy (non-hydrogen) atoms. The summed E-state index contributed by atoms with van der Waals surface area (Å²) in [4.78, 5) is 24.7. The minimum absolute atomic E-state index is 0.0247. The zero-order chi connectivity index (χ0) is 14.6. The number of allylic oxidation sites excluding steroid dienone is 2. The fourth-order valence-electron chi connectivity index (χ4n) is 3.81. The average molecular weight is 270 g/mol. The van der Waals surface area contributed by atoms with E-state index in [0.717, 1.165) is 11.1 Å². The summed E-state index contributed by atoms with van der Waals surface area (Å²) >= 11 is 0. The summed E-state index contributed by atoms with van der Waals surface area (Å²) in [5, 5.41) is 9.95. The van der Waals surface area contributed by atoms with Crippen molar-refractivity contribution in [3.05, 3.63) is 46.7 Å². The van der Waals surface area contributed by atoms with Crippen LogP contribution in [0.1, 0.15) is 30.9 Å². The number of fused-ring (bicyclic) bond motifs is 2. The number of benzene rings is 1. The van der Waals surface area contributed by atoms with E-state index < -0.39 is 11.7 Å². The molecule has 1 aromatic carbocycles. The number of hydrogen-bond acceptors (Lipinski definition) is 3. The number of carbonyl (C=O) groups is 2. The molecule has 0 saturated heterocycles. The van der Waals surface area contributed by atoms with Gasteiger partial charge in [-0.2, -0.15) is 0 Å². The van der Waals surface area contributed by atoms with E-state index in [1.165, 1.54) is 0 Å². The first-order chi connectivity index (χ1) is 9.43. The molecule has 3 heteroatoms. The van der Waals surface area contributed by atoms with Gasteiger partial charge in [-0.1, -0.05) is 36.8 Å². The van der Waals surface area contributed by atoms with Crippen LogP contribution in [0.4, 0.5) is 0 Å². The highest BCUT2D eigenvalue weighted by molar-refractivity contribution is 6.16. The first-order valence-corrected chi connectivity index (χ1v) is 6.97. The molecule has 3 rings (SSSR count). The third-order valence-corrected chi connectivity index (χ3v) is 4.88.